The molecule has 3 aromatic carbocycles. The van der Waals surface area contributed by atoms with Gasteiger partial charge in [0.05, 0.1) is 24.6 Å². The van der Waals surface area contributed by atoms with Crippen molar-refractivity contribution in [3.63, 3.8) is 0 Å². The third-order valence-corrected chi connectivity index (χ3v) is 11.2. The van der Waals surface area contributed by atoms with Crippen LogP contribution in [0.1, 0.15) is 165 Å². The summed E-state index contributed by atoms with van der Waals surface area (Å²) in [5.41, 5.74) is 5.41. The van der Waals surface area contributed by atoms with E-state index in [-0.39, 0.29) is 0 Å². The van der Waals surface area contributed by atoms with Crippen molar-refractivity contribution in [1.82, 2.24) is 9.97 Å². The van der Waals surface area contributed by atoms with Crippen LogP contribution in [0.3, 0.4) is 0 Å². The molecule has 0 spiro atoms. The normalized spacial score (nSPS) is 11.7. The summed E-state index contributed by atoms with van der Waals surface area (Å²) in [4.78, 5) is 10.1. The first kappa shape index (κ1) is 43.8. The summed E-state index contributed by atoms with van der Waals surface area (Å²) in [5, 5.41) is 0. The Hall–Kier alpha value is -2.96. The fourth-order valence-electron chi connectivity index (χ4n) is 6.60. The molecule has 0 amide bonds. The Morgan fingerprint density at radius 3 is 1.06 bits per heavy atom. The Kier molecular flexibility index (Phi) is 21.7. The molecular formula is C48H64Br2N2O2. The number of nitrogens with zero attached hydrogens (tertiary/aromatic N) is 2. The zero-order chi connectivity index (χ0) is 38.1. The molecule has 292 valence electrons. The number of aromatic nitrogens is 2. The molecule has 0 N–H and O–H groups in total. The molecule has 6 heteroatoms. The molecule has 4 nitrogen and oxygen atoms in total. The average Bonchev–Trinajstić information content (AvgIpc) is 3.19. The van der Waals surface area contributed by atoms with E-state index in [4.69, 9.17) is 19.4 Å². The third kappa shape index (κ3) is 16.8. The quantitative estimate of drug-likeness (QED) is 0.0534. The highest BCUT2D eigenvalue weighted by Gasteiger charge is 2.11. The van der Waals surface area contributed by atoms with Crippen LogP contribution in [0.4, 0.5) is 0 Å². The van der Waals surface area contributed by atoms with Gasteiger partial charge in [0.25, 0.3) is 0 Å². The molecule has 4 rings (SSSR count). The molecule has 0 aliphatic carbocycles. The van der Waals surface area contributed by atoms with E-state index in [1.807, 2.05) is 24.3 Å². The molecule has 0 aliphatic rings. The number of ether oxygens (including phenoxy) is 2. The lowest BCUT2D eigenvalue weighted by Crippen LogP contribution is -1.97. The highest BCUT2D eigenvalue weighted by Crippen LogP contribution is 2.30. The Labute approximate surface area is 343 Å². The second kappa shape index (κ2) is 26.8. The maximum absolute atomic E-state index is 6.05. The molecule has 0 bridgehead atoms. The minimum absolute atomic E-state index is 0.771. The van der Waals surface area contributed by atoms with E-state index in [0.717, 1.165) is 80.0 Å². The highest BCUT2D eigenvalue weighted by molar-refractivity contribution is 9.11. The number of hydrogen-bond acceptors (Lipinski definition) is 4. The summed E-state index contributed by atoms with van der Waals surface area (Å²) < 4.78 is 13.9. The van der Waals surface area contributed by atoms with Crippen molar-refractivity contribution >= 4 is 67.2 Å². The van der Waals surface area contributed by atoms with E-state index in [1.54, 1.807) is 0 Å². The fourth-order valence-corrected chi connectivity index (χ4v) is 7.42. The maximum Gasteiger partial charge on any atom is 0.119 e. The minimum atomic E-state index is 0.771. The van der Waals surface area contributed by atoms with Gasteiger partial charge in [0.1, 0.15) is 22.5 Å². The monoisotopic (exact) mass is 858 g/mol. The number of unbranched alkanes of at least 4 members (excludes halogenated alkanes) is 18. The van der Waals surface area contributed by atoms with Crippen LogP contribution in [0.15, 0.2) is 69.6 Å². The topological polar surface area (TPSA) is 44.2 Å². The standard InChI is InChI=1S/C48H64Br2N2O2/c1-3-5-7-9-11-13-15-17-19-21-37-53-41-29-23-39(24-30-41)27-35-45-46(52-48-44(50)34-33-43(49)47(48)51-45)36-28-40-25-31-42(32-26-40)54-38-22-20-18-16-14-12-10-8-6-4-2/h23-36H,3-22,37-38H2,1-2H3/b35-27+,36-28+. The summed E-state index contributed by atoms with van der Waals surface area (Å²) in [5.74, 6) is 1.84. The number of fused-ring (bicyclic) bond motifs is 1. The van der Waals surface area contributed by atoms with Gasteiger partial charge in [-0.3, -0.25) is 0 Å². The molecule has 0 aliphatic heterocycles. The second-order valence-corrected chi connectivity index (χ2v) is 16.3. The number of hydrogen-bond donors (Lipinski definition) is 0. The lowest BCUT2D eigenvalue weighted by atomic mass is 10.1. The van der Waals surface area contributed by atoms with E-state index in [1.165, 1.54) is 116 Å². The summed E-state index contributed by atoms with van der Waals surface area (Å²) in [6.07, 6.45) is 34.8. The van der Waals surface area contributed by atoms with Gasteiger partial charge in [-0.15, -0.1) is 0 Å². The summed E-state index contributed by atoms with van der Waals surface area (Å²) in [6, 6.07) is 20.6. The Bertz CT molecular complexity index is 1540. The molecule has 54 heavy (non-hydrogen) atoms. The molecule has 1 aromatic heterocycles. The van der Waals surface area contributed by atoms with Crippen LogP contribution in [0.5, 0.6) is 11.5 Å². The number of rotatable bonds is 28. The van der Waals surface area contributed by atoms with Gasteiger partial charge < -0.3 is 9.47 Å². The summed E-state index contributed by atoms with van der Waals surface area (Å²) >= 11 is 7.36. The molecule has 1 heterocycles. The van der Waals surface area contributed by atoms with Crippen LogP contribution in [-0.2, 0) is 0 Å². The Morgan fingerprint density at radius 1 is 0.407 bits per heavy atom. The zero-order valence-corrected chi connectivity index (χ0v) is 36.3. The van der Waals surface area contributed by atoms with Gasteiger partial charge in [-0.25, -0.2) is 9.97 Å². The van der Waals surface area contributed by atoms with Crippen molar-refractivity contribution in [3.05, 3.63) is 92.1 Å². The van der Waals surface area contributed by atoms with Crippen LogP contribution >= 0.6 is 31.9 Å². The lowest BCUT2D eigenvalue weighted by Gasteiger charge is -2.08. The van der Waals surface area contributed by atoms with Crippen LogP contribution in [0.25, 0.3) is 35.3 Å². The average molecular weight is 861 g/mol. The predicted octanol–water partition coefficient (Wildman–Crippen LogP) is 16.1. The number of benzene rings is 3. The first-order valence-corrected chi connectivity index (χ1v) is 22.6. The molecule has 0 saturated carbocycles. The smallest absolute Gasteiger partial charge is 0.119 e. The second-order valence-electron chi connectivity index (χ2n) is 14.6. The van der Waals surface area contributed by atoms with E-state index in [2.05, 4.69) is 106 Å². The molecule has 0 unspecified atom stereocenters. The summed E-state index contributed by atoms with van der Waals surface area (Å²) in [7, 11) is 0. The number of halogens is 2. The van der Waals surface area contributed by atoms with Gasteiger partial charge in [-0.2, -0.15) is 0 Å². The Morgan fingerprint density at radius 2 is 0.722 bits per heavy atom. The van der Waals surface area contributed by atoms with E-state index in [9.17, 15) is 0 Å². The van der Waals surface area contributed by atoms with E-state index >= 15 is 0 Å². The van der Waals surface area contributed by atoms with Crippen LogP contribution in [0, 0.1) is 0 Å². The first-order chi connectivity index (χ1) is 26.6. The van der Waals surface area contributed by atoms with Crippen LogP contribution in [0.2, 0.25) is 0 Å². The maximum atomic E-state index is 6.05. The van der Waals surface area contributed by atoms with Gasteiger partial charge >= 0.3 is 0 Å². The van der Waals surface area contributed by atoms with E-state index in [0.29, 0.717) is 0 Å². The fraction of sp³-hybridized carbons (Fsp3) is 0.500. The predicted molar refractivity (Wildman–Crippen MR) is 240 cm³/mol. The SMILES string of the molecule is CCCCCCCCCCCCOc1ccc(/C=C/c2nc3c(Br)ccc(Br)c3nc2/C=C/c2ccc(OCCCCCCCCCCCC)cc2)cc1. The van der Waals surface area contributed by atoms with Crippen molar-refractivity contribution in [2.24, 2.45) is 0 Å². The van der Waals surface area contributed by atoms with Gasteiger partial charge in [0.15, 0.2) is 0 Å². The van der Waals surface area contributed by atoms with Crippen molar-refractivity contribution in [1.29, 1.82) is 0 Å². The molecule has 0 radical (unpaired) electrons. The molecule has 4 aromatic rings. The van der Waals surface area contributed by atoms with Crippen LogP contribution in [-0.4, -0.2) is 23.2 Å². The van der Waals surface area contributed by atoms with Crippen molar-refractivity contribution in [3.8, 4) is 11.5 Å². The van der Waals surface area contributed by atoms with Gasteiger partial charge in [-0.05, 0) is 104 Å². The molecular weight excluding hydrogens is 796 g/mol. The largest absolute Gasteiger partial charge is 0.494 e. The highest BCUT2D eigenvalue weighted by atomic mass is 79.9. The molecule has 0 saturated heterocycles. The first-order valence-electron chi connectivity index (χ1n) is 21.0. The van der Waals surface area contributed by atoms with Crippen molar-refractivity contribution < 1.29 is 9.47 Å². The minimum Gasteiger partial charge on any atom is -0.494 e. The molecule has 0 atom stereocenters. The molecule has 0 fully saturated rings. The lowest BCUT2D eigenvalue weighted by molar-refractivity contribution is 0.304. The van der Waals surface area contributed by atoms with E-state index < -0.39 is 0 Å². The zero-order valence-electron chi connectivity index (χ0n) is 33.1. The van der Waals surface area contributed by atoms with Crippen LogP contribution < -0.4 is 9.47 Å². The van der Waals surface area contributed by atoms with Gasteiger partial charge in [0, 0.05) is 8.95 Å². The van der Waals surface area contributed by atoms with Crippen molar-refractivity contribution in [2.75, 3.05) is 13.2 Å². The third-order valence-electron chi connectivity index (χ3n) is 9.94. The van der Waals surface area contributed by atoms with Gasteiger partial charge in [0.2, 0.25) is 0 Å². The Balaban J connectivity index is 1.27. The van der Waals surface area contributed by atoms with Crippen molar-refractivity contribution in [2.45, 2.75) is 142 Å². The van der Waals surface area contributed by atoms with Gasteiger partial charge in [-0.1, -0.05) is 166 Å². The summed E-state index contributed by atoms with van der Waals surface area (Å²) in [6.45, 7) is 6.10.